The first-order valence-electron chi connectivity index (χ1n) is 6.39. The highest BCUT2D eigenvalue weighted by molar-refractivity contribution is 5.55. The number of aromatic nitrogens is 4. The van der Waals surface area contributed by atoms with Crippen LogP contribution < -0.4 is 5.32 Å². The molecular weight excluding hydrogens is 250 g/mol. The number of nitrogens with one attached hydrogen (secondary N) is 1. The third-order valence-corrected chi connectivity index (χ3v) is 3.07. The summed E-state index contributed by atoms with van der Waals surface area (Å²) >= 11 is 0. The van der Waals surface area contributed by atoms with E-state index in [-0.39, 0.29) is 0 Å². The normalized spacial score (nSPS) is 10.4. The average molecular weight is 265 g/mol. The lowest BCUT2D eigenvalue weighted by Crippen LogP contribution is -2.04. The molecule has 2 aromatic heterocycles. The number of nitrogens with zero attached hydrogens (tertiary/aromatic N) is 4. The molecule has 0 saturated heterocycles. The van der Waals surface area contributed by atoms with E-state index in [4.69, 9.17) is 0 Å². The minimum atomic E-state index is 0.699. The lowest BCUT2D eigenvalue weighted by atomic mass is 10.2. The van der Waals surface area contributed by atoms with Gasteiger partial charge in [0.05, 0.1) is 36.6 Å². The van der Waals surface area contributed by atoms with Crippen molar-refractivity contribution in [2.75, 3.05) is 5.32 Å². The molecule has 0 saturated carbocycles. The molecule has 100 valence electrons. The van der Waals surface area contributed by atoms with Crippen LogP contribution in [0.15, 0.2) is 55.2 Å². The Labute approximate surface area is 117 Å². The first kappa shape index (κ1) is 12.3. The average Bonchev–Trinajstić information content (AvgIpc) is 2.92. The van der Waals surface area contributed by atoms with Crippen LogP contribution in [0, 0.1) is 0 Å². The summed E-state index contributed by atoms with van der Waals surface area (Å²) in [5, 5.41) is 3.28. The van der Waals surface area contributed by atoms with E-state index in [0.29, 0.717) is 6.54 Å². The quantitative estimate of drug-likeness (QED) is 0.787. The van der Waals surface area contributed by atoms with Crippen LogP contribution in [0.4, 0.5) is 5.69 Å². The van der Waals surface area contributed by atoms with Gasteiger partial charge >= 0.3 is 0 Å². The van der Waals surface area contributed by atoms with E-state index in [0.717, 1.165) is 22.8 Å². The Bertz CT molecular complexity index is 673. The minimum absolute atomic E-state index is 0.699. The molecule has 5 heteroatoms. The fourth-order valence-electron chi connectivity index (χ4n) is 1.90. The Hall–Kier alpha value is -2.69. The van der Waals surface area contributed by atoms with Crippen molar-refractivity contribution in [1.29, 1.82) is 0 Å². The first-order chi connectivity index (χ1) is 9.83. The molecule has 0 spiro atoms. The monoisotopic (exact) mass is 265 g/mol. The molecule has 0 fully saturated rings. The maximum Gasteiger partial charge on any atom is 0.159 e. The topological polar surface area (TPSA) is 55.6 Å². The summed E-state index contributed by atoms with van der Waals surface area (Å²) in [4.78, 5) is 12.8. The fraction of sp³-hybridized carbons (Fsp3) is 0.133. The van der Waals surface area contributed by atoms with E-state index in [1.807, 2.05) is 48.1 Å². The second-order valence-corrected chi connectivity index (χ2v) is 4.51. The van der Waals surface area contributed by atoms with Gasteiger partial charge in [0.1, 0.15) is 0 Å². The third-order valence-electron chi connectivity index (χ3n) is 3.07. The molecule has 0 aliphatic rings. The predicted octanol–water partition coefficient (Wildman–Crippen LogP) is 2.49. The Morgan fingerprint density at radius 3 is 2.45 bits per heavy atom. The molecular formula is C15H15N5. The summed E-state index contributed by atoms with van der Waals surface area (Å²) < 4.78 is 1.98. The summed E-state index contributed by atoms with van der Waals surface area (Å²) in [6.07, 6.45) is 7.22. The Balaban J connectivity index is 1.69. The van der Waals surface area contributed by atoms with Crippen LogP contribution in [0.1, 0.15) is 5.69 Å². The molecule has 5 nitrogen and oxygen atoms in total. The molecule has 2 heterocycles. The van der Waals surface area contributed by atoms with Gasteiger partial charge in [0, 0.05) is 18.8 Å². The molecule has 1 N–H and O–H groups in total. The SMILES string of the molecule is Cn1cncc1CNc1cnc(-c2ccccc2)nc1. The molecule has 0 bridgehead atoms. The van der Waals surface area contributed by atoms with Gasteiger partial charge in [-0.15, -0.1) is 0 Å². The van der Waals surface area contributed by atoms with Crippen LogP contribution in [-0.2, 0) is 13.6 Å². The zero-order valence-corrected chi connectivity index (χ0v) is 11.2. The zero-order chi connectivity index (χ0) is 13.8. The highest BCUT2D eigenvalue weighted by Crippen LogP contribution is 2.15. The summed E-state index contributed by atoms with van der Waals surface area (Å²) in [5.74, 6) is 0.733. The first-order valence-corrected chi connectivity index (χ1v) is 6.39. The van der Waals surface area contributed by atoms with Gasteiger partial charge in [-0.05, 0) is 0 Å². The van der Waals surface area contributed by atoms with Crippen molar-refractivity contribution >= 4 is 5.69 Å². The van der Waals surface area contributed by atoms with Crippen molar-refractivity contribution in [1.82, 2.24) is 19.5 Å². The second-order valence-electron chi connectivity index (χ2n) is 4.51. The molecule has 0 unspecified atom stereocenters. The summed E-state index contributed by atoms with van der Waals surface area (Å²) in [6, 6.07) is 9.93. The van der Waals surface area contributed by atoms with Crippen molar-refractivity contribution in [3.05, 3.63) is 60.9 Å². The van der Waals surface area contributed by atoms with Crippen LogP contribution in [0.5, 0.6) is 0 Å². The van der Waals surface area contributed by atoms with Crippen molar-refractivity contribution in [2.24, 2.45) is 7.05 Å². The van der Waals surface area contributed by atoms with E-state index in [1.54, 1.807) is 18.7 Å². The molecule has 3 aromatic rings. The molecule has 0 radical (unpaired) electrons. The number of hydrogen-bond acceptors (Lipinski definition) is 4. The van der Waals surface area contributed by atoms with E-state index in [2.05, 4.69) is 20.3 Å². The van der Waals surface area contributed by atoms with E-state index in [9.17, 15) is 0 Å². The number of benzene rings is 1. The molecule has 0 amide bonds. The van der Waals surface area contributed by atoms with Gasteiger partial charge in [0.25, 0.3) is 0 Å². The second kappa shape index (κ2) is 5.52. The lowest BCUT2D eigenvalue weighted by Gasteiger charge is -2.07. The van der Waals surface area contributed by atoms with Crippen LogP contribution >= 0.6 is 0 Å². The molecule has 20 heavy (non-hydrogen) atoms. The van der Waals surface area contributed by atoms with Gasteiger partial charge in [0.2, 0.25) is 0 Å². The summed E-state index contributed by atoms with van der Waals surface area (Å²) in [5.41, 5.74) is 3.02. The largest absolute Gasteiger partial charge is 0.377 e. The Morgan fingerprint density at radius 1 is 1.05 bits per heavy atom. The van der Waals surface area contributed by atoms with Gasteiger partial charge in [-0.25, -0.2) is 15.0 Å². The molecule has 0 aliphatic carbocycles. The Kier molecular flexibility index (Phi) is 3.41. The number of anilines is 1. The standard InChI is InChI=1S/C15H15N5/c1-20-11-16-9-14(20)10-17-13-7-18-15(19-8-13)12-5-3-2-4-6-12/h2-9,11,17H,10H2,1H3. The van der Waals surface area contributed by atoms with Gasteiger partial charge < -0.3 is 9.88 Å². The van der Waals surface area contributed by atoms with Crippen molar-refractivity contribution < 1.29 is 0 Å². The van der Waals surface area contributed by atoms with Gasteiger partial charge in [-0.3, -0.25) is 0 Å². The van der Waals surface area contributed by atoms with Crippen LogP contribution in [0.3, 0.4) is 0 Å². The maximum atomic E-state index is 4.38. The molecule has 1 aromatic carbocycles. The third kappa shape index (κ3) is 2.66. The van der Waals surface area contributed by atoms with Crippen LogP contribution in [-0.4, -0.2) is 19.5 Å². The number of hydrogen-bond donors (Lipinski definition) is 1. The molecule has 0 atom stereocenters. The molecule has 3 rings (SSSR count). The van der Waals surface area contributed by atoms with Gasteiger partial charge in [-0.2, -0.15) is 0 Å². The van der Waals surface area contributed by atoms with E-state index < -0.39 is 0 Å². The fourth-order valence-corrected chi connectivity index (χ4v) is 1.90. The molecule has 0 aliphatic heterocycles. The maximum absolute atomic E-state index is 4.38. The van der Waals surface area contributed by atoms with Crippen LogP contribution in [0.25, 0.3) is 11.4 Å². The van der Waals surface area contributed by atoms with Crippen molar-refractivity contribution in [2.45, 2.75) is 6.54 Å². The smallest absolute Gasteiger partial charge is 0.159 e. The Morgan fingerprint density at radius 2 is 1.80 bits per heavy atom. The van der Waals surface area contributed by atoms with E-state index >= 15 is 0 Å². The highest BCUT2D eigenvalue weighted by atomic mass is 15.0. The highest BCUT2D eigenvalue weighted by Gasteiger charge is 2.02. The van der Waals surface area contributed by atoms with Crippen LogP contribution in [0.2, 0.25) is 0 Å². The minimum Gasteiger partial charge on any atom is -0.377 e. The van der Waals surface area contributed by atoms with E-state index in [1.165, 1.54) is 0 Å². The zero-order valence-electron chi connectivity index (χ0n) is 11.2. The van der Waals surface area contributed by atoms with Gasteiger partial charge in [-0.1, -0.05) is 30.3 Å². The lowest BCUT2D eigenvalue weighted by molar-refractivity contribution is 0.837. The predicted molar refractivity (Wildman–Crippen MR) is 78.0 cm³/mol. The number of imidazole rings is 1. The summed E-state index contributed by atoms with van der Waals surface area (Å²) in [7, 11) is 1.97. The van der Waals surface area contributed by atoms with Gasteiger partial charge in [0.15, 0.2) is 5.82 Å². The van der Waals surface area contributed by atoms with Crippen molar-refractivity contribution in [3.8, 4) is 11.4 Å². The number of aryl methyl sites for hydroxylation is 1. The van der Waals surface area contributed by atoms with Crippen molar-refractivity contribution in [3.63, 3.8) is 0 Å². The summed E-state index contributed by atoms with van der Waals surface area (Å²) in [6.45, 7) is 0.699. The number of rotatable bonds is 4.